The largest absolute Gasteiger partial charge is 0.341 e. The van der Waals surface area contributed by atoms with E-state index in [-0.39, 0.29) is 12.1 Å². The van der Waals surface area contributed by atoms with Crippen molar-refractivity contribution in [2.75, 3.05) is 6.54 Å². The van der Waals surface area contributed by atoms with E-state index in [1.807, 2.05) is 0 Å². The first-order valence-corrected chi connectivity index (χ1v) is 6.20. The number of carbonyl (C=O) groups excluding carboxylic acids is 1. The molecule has 1 aromatic carbocycles. The maximum absolute atomic E-state index is 11.9. The normalized spacial score (nSPS) is 9.80. The molecule has 1 aromatic heterocycles. The lowest BCUT2D eigenvalue weighted by atomic mass is 10.1. The highest BCUT2D eigenvalue weighted by molar-refractivity contribution is 6.30. The molecule has 0 aliphatic carbocycles. The molecule has 100 valence electrons. The minimum Gasteiger partial charge on any atom is -0.341 e. The maximum atomic E-state index is 11.9. The summed E-state index contributed by atoms with van der Waals surface area (Å²) in [5, 5.41) is 3.06. The zero-order valence-corrected chi connectivity index (χ0v) is 11.2. The van der Waals surface area contributed by atoms with E-state index in [9.17, 15) is 9.59 Å². The highest BCUT2D eigenvalue weighted by Gasteiger charge is 2.10. The van der Waals surface area contributed by atoms with E-state index in [4.69, 9.17) is 18.0 Å². The minimum absolute atomic E-state index is 0.0259. The Hall–Kier alpha value is -2.51. The van der Waals surface area contributed by atoms with Crippen LogP contribution in [-0.4, -0.2) is 17.4 Å². The molecule has 1 amide bonds. The summed E-state index contributed by atoms with van der Waals surface area (Å²) in [7, 11) is 0. The molecule has 4 nitrogen and oxygen atoms in total. The second-order valence-electron chi connectivity index (χ2n) is 4.01. The number of carbonyl (C=O) groups is 1. The van der Waals surface area contributed by atoms with Crippen molar-refractivity contribution in [1.82, 2.24) is 10.3 Å². The van der Waals surface area contributed by atoms with Gasteiger partial charge >= 0.3 is 0 Å². The van der Waals surface area contributed by atoms with Crippen molar-refractivity contribution in [3.05, 3.63) is 57.3 Å². The van der Waals surface area contributed by atoms with E-state index in [1.54, 1.807) is 30.3 Å². The molecule has 20 heavy (non-hydrogen) atoms. The zero-order valence-electron chi connectivity index (χ0n) is 10.4. The van der Waals surface area contributed by atoms with Crippen LogP contribution in [-0.2, 0) is 0 Å². The van der Waals surface area contributed by atoms with Gasteiger partial charge in [0.2, 0.25) is 0 Å². The van der Waals surface area contributed by atoms with Crippen molar-refractivity contribution in [2.45, 2.75) is 0 Å². The van der Waals surface area contributed by atoms with E-state index in [1.165, 1.54) is 6.07 Å². The number of pyridine rings is 1. The summed E-state index contributed by atoms with van der Waals surface area (Å²) in [4.78, 5) is 26.2. The second-order valence-corrected chi connectivity index (χ2v) is 4.44. The molecule has 0 saturated carbocycles. The van der Waals surface area contributed by atoms with Crippen molar-refractivity contribution in [3.63, 3.8) is 0 Å². The third-order valence-corrected chi connectivity index (χ3v) is 2.91. The molecule has 5 heteroatoms. The van der Waals surface area contributed by atoms with Gasteiger partial charge in [-0.3, -0.25) is 9.59 Å². The fraction of sp³-hybridized carbons (Fsp3) is 0.0667. The zero-order chi connectivity index (χ0) is 14.5. The monoisotopic (exact) mass is 286 g/mol. The predicted molar refractivity (Wildman–Crippen MR) is 78.7 cm³/mol. The lowest BCUT2D eigenvalue weighted by Crippen LogP contribution is -2.29. The molecule has 0 bridgehead atoms. The fourth-order valence-electron chi connectivity index (χ4n) is 1.68. The van der Waals surface area contributed by atoms with E-state index in [0.29, 0.717) is 10.7 Å². The van der Waals surface area contributed by atoms with Gasteiger partial charge in [0.05, 0.1) is 6.54 Å². The smallest absolute Gasteiger partial charge is 0.261 e. The van der Waals surface area contributed by atoms with Crippen LogP contribution in [0.3, 0.4) is 0 Å². The molecule has 0 fully saturated rings. The van der Waals surface area contributed by atoms with Gasteiger partial charge in [-0.2, -0.15) is 0 Å². The van der Waals surface area contributed by atoms with Gasteiger partial charge < -0.3 is 10.3 Å². The van der Waals surface area contributed by atoms with E-state index >= 15 is 0 Å². The lowest BCUT2D eigenvalue weighted by molar-refractivity contribution is 0.0957. The quantitative estimate of drug-likeness (QED) is 0.849. The Morgan fingerprint density at radius 2 is 1.95 bits per heavy atom. The molecule has 0 radical (unpaired) electrons. The first kappa shape index (κ1) is 13.9. The highest BCUT2D eigenvalue weighted by Crippen LogP contribution is 2.18. The number of aromatic amines is 1. The third-order valence-electron chi connectivity index (χ3n) is 2.66. The number of benzene rings is 1. The molecule has 0 atom stereocenters. The Balaban J connectivity index is 2.31. The van der Waals surface area contributed by atoms with Gasteiger partial charge in [-0.05, 0) is 29.8 Å². The van der Waals surface area contributed by atoms with Crippen molar-refractivity contribution in [2.24, 2.45) is 0 Å². The van der Waals surface area contributed by atoms with Crippen LogP contribution in [0.1, 0.15) is 10.4 Å². The summed E-state index contributed by atoms with van der Waals surface area (Å²) in [5.74, 6) is 1.78. The van der Waals surface area contributed by atoms with Crippen LogP contribution in [0.2, 0.25) is 5.02 Å². The van der Waals surface area contributed by atoms with Crippen LogP contribution in [0.15, 0.2) is 41.2 Å². The lowest BCUT2D eigenvalue weighted by Gasteiger charge is -2.04. The standard InChI is InChI=1S/C15H11ClN2O2/c1-2-9-17-14(19)12-7-8-13(18-15(12)20)10-3-5-11(16)6-4-10/h1,3-8H,9H2,(H,17,19)(H,18,20). The highest BCUT2D eigenvalue weighted by atomic mass is 35.5. The van der Waals surface area contributed by atoms with E-state index < -0.39 is 11.5 Å². The molecule has 2 N–H and O–H groups in total. The fourth-order valence-corrected chi connectivity index (χ4v) is 1.80. The van der Waals surface area contributed by atoms with Crippen molar-refractivity contribution in [1.29, 1.82) is 0 Å². The van der Waals surface area contributed by atoms with Crippen LogP contribution >= 0.6 is 11.6 Å². The summed E-state index contributed by atoms with van der Waals surface area (Å²) in [6.07, 6.45) is 5.04. The van der Waals surface area contributed by atoms with Crippen molar-refractivity contribution < 1.29 is 4.79 Å². The number of halogens is 1. The van der Waals surface area contributed by atoms with Gasteiger partial charge in [0.15, 0.2) is 0 Å². The molecule has 0 aliphatic rings. The Kier molecular flexibility index (Phi) is 4.24. The molecule has 2 aromatic rings. The summed E-state index contributed by atoms with van der Waals surface area (Å²) >= 11 is 5.80. The Bertz CT molecular complexity index is 727. The van der Waals surface area contributed by atoms with Gasteiger partial charge in [0, 0.05) is 10.7 Å². The van der Waals surface area contributed by atoms with Crippen molar-refractivity contribution >= 4 is 17.5 Å². The Morgan fingerprint density at radius 1 is 1.25 bits per heavy atom. The summed E-state index contributed by atoms with van der Waals surface area (Å²) in [6.45, 7) is 0.0806. The number of aromatic nitrogens is 1. The number of nitrogens with one attached hydrogen (secondary N) is 2. The number of hydrogen-bond acceptors (Lipinski definition) is 2. The van der Waals surface area contributed by atoms with Gasteiger partial charge in [0.1, 0.15) is 5.56 Å². The number of H-pyrrole nitrogens is 1. The molecule has 0 saturated heterocycles. The first-order chi connectivity index (χ1) is 9.61. The molecular weight excluding hydrogens is 276 g/mol. The molecule has 0 unspecified atom stereocenters. The van der Waals surface area contributed by atoms with Gasteiger partial charge in [-0.1, -0.05) is 29.7 Å². The predicted octanol–water partition coefficient (Wildman–Crippen LogP) is 2.06. The van der Waals surface area contributed by atoms with Crippen LogP contribution in [0.25, 0.3) is 11.3 Å². The summed E-state index contributed by atoms with van der Waals surface area (Å²) in [6, 6.07) is 10.1. The second kappa shape index (κ2) is 6.09. The topological polar surface area (TPSA) is 62.0 Å². The number of amides is 1. The average Bonchev–Trinajstić information content (AvgIpc) is 2.45. The number of rotatable bonds is 3. The van der Waals surface area contributed by atoms with Gasteiger partial charge in [0.25, 0.3) is 11.5 Å². The molecule has 1 heterocycles. The van der Waals surface area contributed by atoms with Crippen LogP contribution in [0.5, 0.6) is 0 Å². The van der Waals surface area contributed by atoms with Crippen LogP contribution < -0.4 is 10.9 Å². The molecule has 0 spiro atoms. The van der Waals surface area contributed by atoms with Crippen LogP contribution in [0, 0.1) is 12.3 Å². The molecule has 0 aliphatic heterocycles. The summed E-state index contributed by atoms with van der Waals surface area (Å²) < 4.78 is 0. The summed E-state index contributed by atoms with van der Waals surface area (Å²) in [5.41, 5.74) is 0.979. The van der Waals surface area contributed by atoms with Gasteiger partial charge in [-0.15, -0.1) is 6.42 Å². The molecular formula is C15H11ClN2O2. The first-order valence-electron chi connectivity index (χ1n) is 5.83. The van der Waals surface area contributed by atoms with Crippen LogP contribution in [0.4, 0.5) is 0 Å². The van der Waals surface area contributed by atoms with Crippen molar-refractivity contribution in [3.8, 4) is 23.6 Å². The maximum Gasteiger partial charge on any atom is 0.261 e. The van der Waals surface area contributed by atoms with E-state index in [2.05, 4.69) is 16.2 Å². The Morgan fingerprint density at radius 3 is 2.55 bits per heavy atom. The van der Waals surface area contributed by atoms with E-state index in [0.717, 1.165) is 5.56 Å². The van der Waals surface area contributed by atoms with Gasteiger partial charge in [-0.25, -0.2) is 0 Å². The average molecular weight is 287 g/mol. The minimum atomic E-state index is -0.494. The number of terminal acetylenes is 1. The third kappa shape index (κ3) is 3.08. The Labute approximate surface area is 120 Å². The molecule has 2 rings (SSSR count). The SMILES string of the molecule is C#CCNC(=O)c1ccc(-c2ccc(Cl)cc2)[nH]c1=O. The number of hydrogen-bond donors (Lipinski definition) is 2.